The number of amides is 1. The minimum absolute atomic E-state index is 0.0545. The summed E-state index contributed by atoms with van der Waals surface area (Å²) in [4.78, 5) is 30.2. The van der Waals surface area contributed by atoms with Crippen LogP contribution in [0.5, 0.6) is 0 Å². The number of aryl methyl sites for hydroxylation is 1. The molecule has 1 aromatic heterocycles. The lowest BCUT2D eigenvalue weighted by atomic mass is 10.1. The second-order valence-electron chi connectivity index (χ2n) is 6.66. The predicted molar refractivity (Wildman–Crippen MR) is 85.3 cm³/mol. The van der Waals surface area contributed by atoms with Crippen LogP contribution in [0.3, 0.4) is 0 Å². The summed E-state index contributed by atoms with van der Waals surface area (Å²) in [5.74, 6) is -1.04. The Morgan fingerprint density at radius 3 is 2.57 bits per heavy atom. The van der Waals surface area contributed by atoms with Gasteiger partial charge in [-0.05, 0) is 19.2 Å². The van der Waals surface area contributed by atoms with Crippen LogP contribution < -0.4 is 0 Å². The number of aliphatic carboxylic acids is 1. The molecule has 2 fully saturated rings. The first-order valence-corrected chi connectivity index (χ1v) is 8.01. The van der Waals surface area contributed by atoms with Crippen LogP contribution in [0.25, 0.3) is 0 Å². The van der Waals surface area contributed by atoms with Crippen molar-refractivity contribution in [3.8, 4) is 0 Å². The van der Waals surface area contributed by atoms with E-state index in [0.717, 1.165) is 13.1 Å². The average molecular weight is 320 g/mol. The van der Waals surface area contributed by atoms with E-state index in [-0.39, 0.29) is 17.9 Å². The molecule has 2 atom stereocenters. The fourth-order valence-corrected chi connectivity index (χ4v) is 3.64. The average Bonchev–Trinajstić information content (AvgIpc) is 2.84. The maximum atomic E-state index is 12.7. The van der Waals surface area contributed by atoms with Gasteiger partial charge in [0.05, 0.1) is 5.92 Å². The van der Waals surface area contributed by atoms with E-state index in [1.54, 1.807) is 0 Å². The number of carboxylic acid groups (broad SMARTS) is 1. The Balaban J connectivity index is 1.71. The van der Waals surface area contributed by atoms with Gasteiger partial charge in [0.25, 0.3) is 5.91 Å². The third-order valence-corrected chi connectivity index (χ3v) is 4.91. The summed E-state index contributed by atoms with van der Waals surface area (Å²) in [5, 5.41) is 9.35. The Bertz CT molecular complexity index is 600. The molecule has 0 bridgehead atoms. The van der Waals surface area contributed by atoms with Gasteiger partial charge in [0.1, 0.15) is 5.69 Å². The van der Waals surface area contributed by atoms with Crippen molar-refractivity contribution in [2.45, 2.75) is 6.04 Å². The van der Waals surface area contributed by atoms with E-state index < -0.39 is 5.97 Å². The largest absolute Gasteiger partial charge is 0.481 e. The van der Waals surface area contributed by atoms with E-state index in [1.165, 1.54) is 0 Å². The number of hydrogen-bond donors (Lipinski definition) is 1. The van der Waals surface area contributed by atoms with Gasteiger partial charge in [-0.1, -0.05) is 0 Å². The van der Waals surface area contributed by atoms with Gasteiger partial charge < -0.3 is 19.5 Å². The number of rotatable bonds is 2. The Kier molecular flexibility index (Phi) is 4.41. The van der Waals surface area contributed by atoms with Crippen LogP contribution in [-0.2, 0) is 11.8 Å². The second kappa shape index (κ2) is 6.33. The first-order chi connectivity index (χ1) is 11.0. The van der Waals surface area contributed by atoms with E-state index in [0.29, 0.717) is 31.9 Å². The van der Waals surface area contributed by atoms with Crippen molar-refractivity contribution in [1.82, 2.24) is 19.3 Å². The predicted octanol–water partition coefficient (Wildman–Crippen LogP) is -0.202. The number of nitrogens with zero attached hydrogens (tertiary/aromatic N) is 4. The molecule has 1 amide bonds. The van der Waals surface area contributed by atoms with Crippen molar-refractivity contribution in [2.75, 3.05) is 46.3 Å². The summed E-state index contributed by atoms with van der Waals surface area (Å²) in [6.07, 6.45) is 1.88. The molecular weight excluding hydrogens is 296 g/mol. The number of carbonyl (C=O) groups excluding carboxylic acids is 1. The number of aromatic nitrogens is 1. The number of piperazine rings is 1. The normalized spacial score (nSPS) is 26.6. The van der Waals surface area contributed by atoms with Gasteiger partial charge in [-0.15, -0.1) is 0 Å². The molecule has 0 saturated carbocycles. The van der Waals surface area contributed by atoms with Crippen LogP contribution >= 0.6 is 0 Å². The maximum absolute atomic E-state index is 12.7. The molecule has 2 saturated heterocycles. The van der Waals surface area contributed by atoms with Crippen molar-refractivity contribution in [2.24, 2.45) is 13.0 Å². The smallest absolute Gasteiger partial charge is 0.309 e. The molecule has 7 nitrogen and oxygen atoms in total. The number of carbonyl (C=O) groups is 2. The SMILES string of the molecule is CN1CC(C(=O)O)CN2CCN(C(=O)c3cccn3C)CC2C1. The molecule has 1 aromatic rings. The first-order valence-electron chi connectivity index (χ1n) is 8.01. The van der Waals surface area contributed by atoms with Gasteiger partial charge in [0.15, 0.2) is 0 Å². The molecule has 2 aliphatic heterocycles. The summed E-state index contributed by atoms with van der Waals surface area (Å²) in [7, 11) is 3.83. The van der Waals surface area contributed by atoms with Gasteiger partial charge in [-0.25, -0.2) is 0 Å². The summed E-state index contributed by atoms with van der Waals surface area (Å²) < 4.78 is 1.84. The van der Waals surface area contributed by atoms with E-state index in [4.69, 9.17) is 0 Å². The molecule has 23 heavy (non-hydrogen) atoms. The zero-order valence-corrected chi connectivity index (χ0v) is 13.7. The minimum atomic E-state index is -0.736. The molecule has 0 radical (unpaired) electrons. The summed E-state index contributed by atoms with van der Waals surface area (Å²) in [6.45, 7) is 3.96. The van der Waals surface area contributed by atoms with Crippen LogP contribution in [0.4, 0.5) is 0 Å². The molecule has 2 unspecified atom stereocenters. The molecule has 0 spiro atoms. The highest BCUT2D eigenvalue weighted by Crippen LogP contribution is 2.19. The highest BCUT2D eigenvalue weighted by Gasteiger charge is 2.36. The molecule has 126 valence electrons. The Morgan fingerprint density at radius 2 is 1.91 bits per heavy atom. The van der Waals surface area contributed by atoms with Crippen LogP contribution in [0.1, 0.15) is 10.5 Å². The quantitative estimate of drug-likeness (QED) is 0.817. The molecule has 2 aliphatic rings. The van der Waals surface area contributed by atoms with Crippen LogP contribution in [0.15, 0.2) is 18.3 Å². The molecule has 0 aliphatic carbocycles. The monoisotopic (exact) mass is 320 g/mol. The van der Waals surface area contributed by atoms with E-state index >= 15 is 0 Å². The van der Waals surface area contributed by atoms with E-state index in [9.17, 15) is 14.7 Å². The Hall–Kier alpha value is -1.86. The number of carboxylic acids is 1. The van der Waals surface area contributed by atoms with Crippen molar-refractivity contribution in [3.05, 3.63) is 24.0 Å². The zero-order chi connectivity index (χ0) is 16.6. The standard InChI is InChI=1S/C16H24N4O3/c1-17-8-12(16(22)23)9-19-6-7-20(11-13(19)10-17)15(21)14-4-3-5-18(14)2/h3-5,12-13H,6-11H2,1-2H3,(H,22,23). The Morgan fingerprint density at radius 1 is 1.13 bits per heavy atom. The zero-order valence-electron chi connectivity index (χ0n) is 13.7. The van der Waals surface area contributed by atoms with Crippen molar-refractivity contribution < 1.29 is 14.7 Å². The fraction of sp³-hybridized carbons (Fsp3) is 0.625. The lowest BCUT2D eigenvalue weighted by Crippen LogP contribution is -2.57. The molecule has 3 rings (SSSR count). The molecule has 3 heterocycles. The van der Waals surface area contributed by atoms with Crippen LogP contribution in [-0.4, -0.2) is 88.6 Å². The number of hydrogen-bond acceptors (Lipinski definition) is 4. The maximum Gasteiger partial charge on any atom is 0.309 e. The highest BCUT2D eigenvalue weighted by molar-refractivity contribution is 5.92. The van der Waals surface area contributed by atoms with E-state index in [2.05, 4.69) is 9.80 Å². The van der Waals surface area contributed by atoms with Crippen LogP contribution in [0, 0.1) is 5.92 Å². The van der Waals surface area contributed by atoms with Crippen molar-refractivity contribution in [3.63, 3.8) is 0 Å². The summed E-state index contributed by atoms with van der Waals surface area (Å²) >= 11 is 0. The summed E-state index contributed by atoms with van der Waals surface area (Å²) in [5.41, 5.74) is 0.698. The third-order valence-electron chi connectivity index (χ3n) is 4.91. The molecule has 1 N–H and O–H groups in total. The second-order valence-corrected chi connectivity index (χ2v) is 6.66. The van der Waals surface area contributed by atoms with Gasteiger partial charge in [0, 0.05) is 58.6 Å². The molecular formula is C16H24N4O3. The fourth-order valence-electron chi connectivity index (χ4n) is 3.64. The number of likely N-dealkylation sites (N-methyl/N-ethyl adjacent to an activating group) is 1. The van der Waals surface area contributed by atoms with Gasteiger partial charge >= 0.3 is 5.97 Å². The van der Waals surface area contributed by atoms with Gasteiger partial charge in [0.2, 0.25) is 0 Å². The van der Waals surface area contributed by atoms with Crippen LogP contribution in [0.2, 0.25) is 0 Å². The molecule has 0 aromatic carbocycles. The highest BCUT2D eigenvalue weighted by atomic mass is 16.4. The van der Waals surface area contributed by atoms with Crippen molar-refractivity contribution in [1.29, 1.82) is 0 Å². The topological polar surface area (TPSA) is 69.0 Å². The minimum Gasteiger partial charge on any atom is -0.481 e. The lowest BCUT2D eigenvalue weighted by molar-refractivity contribution is -0.142. The lowest BCUT2D eigenvalue weighted by Gasteiger charge is -2.41. The summed E-state index contributed by atoms with van der Waals surface area (Å²) in [6, 6.07) is 3.91. The van der Waals surface area contributed by atoms with Crippen molar-refractivity contribution >= 4 is 11.9 Å². The Labute approximate surface area is 136 Å². The third kappa shape index (κ3) is 3.25. The molecule has 7 heteroatoms. The first kappa shape index (κ1) is 16.0. The number of fused-ring (bicyclic) bond motifs is 1. The van der Waals surface area contributed by atoms with Gasteiger partial charge in [-0.2, -0.15) is 0 Å². The van der Waals surface area contributed by atoms with E-state index in [1.807, 2.05) is 41.9 Å². The van der Waals surface area contributed by atoms with Gasteiger partial charge in [-0.3, -0.25) is 14.5 Å².